The molecule has 0 fully saturated rings. The minimum absolute atomic E-state index is 0.386. The minimum atomic E-state index is -1.30. The van der Waals surface area contributed by atoms with Crippen molar-refractivity contribution in [3.05, 3.63) is 38.8 Å². The Morgan fingerprint density at radius 3 is 2.58 bits per heavy atom. The van der Waals surface area contributed by atoms with E-state index >= 15 is 0 Å². The number of hydrogen-bond acceptors (Lipinski definition) is 2. The summed E-state index contributed by atoms with van der Waals surface area (Å²) in [6, 6.07) is 5.53. The molecule has 0 saturated carbocycles. The van der Waals surface area contributed by atoms with Crippen molar-refractivity contribution < 1.29 is 8.63 Å². The number of nitrogens with zero attached hydrogens (tertiary/aromatic N) is 1. The van der Waals surface area contributed by atoms with E-state index in [0.717, 1.165) is 14.3 Å². The van der Waals surface area contributed by atoms with Crippen LogP contribution in [0, 0.1) is 0 Å². The minimum Gasteiger partial charge on any atom is -0.463 e. The fraction of sp³-hybridized carbons (Fsp3) is 0.308. The van der Waals surface area contributed by atoms with E-state index in [9.17, 15) is 4.21 Å². The van der Waals surface area contributed by atoms with E-state index in [-0.39, 0.29) is 4.75 Å². The third-order valence-electron chi connectivity index (χ3n) is 2.40. The average molecular weight is 407 g/mol. The van der Waals surface area contributed by atoms with Gasteiger partial charge in [-0.1, -0.05) is 15.9 Å². The molecule has 0 radical (unpaired) electrons. The zero-order valence-corrected chi connectivity index (χ0v) is 14.7. The van der Waals surface area contributed by atoms with Gasteiger partial charge in [0.25, 0.3) is 0 Å². The van der Waals surface area contributed by atoms with Crippen LogP contribution in [0.25, 0.3) is 11.0 Å². The second-order valence-corrected chi connectivity index (χ2v) is 8.70. The van der Waals surface area contributed by atoms with E-state index in [4.69, 9.17) is 4.42 Å². The Hall–Kier alpha value is -0.460. The molecule has 0 unspecified atom stereocenters. The van der Waals surface area contributed by atoms with Crippen molar-refractivity contribution >= 4 is 53.8 Å². The van der Waals surface area contributed by atoms with Gasteiger partial charge in [0.1, 0.15) is 16.6 Å². The van der Waals surface area contributed by atoms with Crippen LogP contribution in [0.3, 0.4) is 0 Å². The van der Waals surface area contributed by atoms with Crippen LogP contribution in [0.1, 0.15) is 20.8 Å². The normalized spacial score (nSPS) is 14.9. The quantitative estimate of drug-likeness (QED) is 0.707. The van der Waals surface area contributed by atoms with E-state index in [1.807, 2.05) is 32.9 Å². The van der Waals surface area contributed by atoms with Crippen molar-refractivity contribution in [3.8, 4) is 0 Å². The van der Waals surface area contributed by atoms with Crippen LogP contribution in [0.5, 0.6) is 0 Å². The highest BCUT2D eigenvalue weighted by Gasteiger charge is 2.18. The molecule has 0 spiro atoms. The standard InChI is InChI=1S/C13H13Br2NO2S/c1-13(2,3)19(17)16-11-4-5-18-12-9(11)6-8(14)7-10(12)15/h4-7H,1-3H3/b16-11+/t19-/m1/s1. The first-order valence-corrected chi connectivity index (χ1v) is 8.31. The Morgan fingerprint density at radius 2 is 1.95 bits per heavy atom. The summed E-state index contributed by atoms with van der Waals surface area (Å²) in [7, 11) is -1.30. The summed E-state index contributed by atoms with van der Waals surface area (Å²) in [4.78, 5) is 0. The maximum absolute atomic E-state index is 12.1. The molecule has 0 aliphatic carbocycles. The highest BCUT2D eigenvalue weighted by atomic mass is 79.9. The molecule has 2 aromatic rings. The molecule has 1 aromatic carbocycles. The molecule has 6 heteroatoms. The zero-order valence-electron chi connectivity index (χ0n) is 10.7. The second-order valence-electron chi connectivity index (χ2n) is 5.02. The molecule has 1 heterocycles. The molecule has 102 valence electrons. The van der Waals surface area contributed by atoms with Crippen LogP contribution in [-0.4, -0.2) is 8.96 Å². The molecule has 0 bridgehead atoms. The number of hydrogen-bond donors (Lipinski definition) is 0. The van der Waals surface area contributed by atoms with Gasteiger partial charge in [-0.2, -0.15) is 4.40 Å². The van der Waals surface area contributed by atoms with Gasteiger partial charge in [-0.3, -0.25) is 0 Å². The Labute approximate surface area is 131 Å². The lowest BCUT2D eigenvalue weighted by Crippen LogP contribution is -2.22. The highest BCUT2D eigenvalue weighted by Crippen LogP contribution is 2.26. The van der Waals surface area contributed by atoms with Crippen molar-refractivity contribution in [3.63, 3.8) is 0 Å². The molecule has 1 atom stereocenters. The summed E-state index contributed by atoms with van der Waals surface area (Å²) in [6.07, 6.45) is 1.56. The van der Waals surface area contributed by atoms with E-state index in [1.54, 1.807) is 12.3 Å². The van der Waals surface area contributed by atoms with Crippen LogP contribution < -0.4 is 5.36 Å². The van der Waals surface area contributed by atoms with Crippen LogP contribution in [0.15, 0.2) is 42.2 Å². The molecule has 0 saturated heterocycles. The smallest absolute Gasteiger partial charge is 0.150 e. The van der Waals surface area contributed by atoms with Crippen molar-refractivity contribution in [1.82, 2.24) is 0 Å². The van der Waals surface area contributed by atoms with Gasteiger partial charge < -0.3 is 4.42 Å². The van der Waals surface area contributed by atoms with Gasteiger partial charge in [0.05, 0.1) is 20.8 Å². The van der Waals surface area contributed by atoms with Gasteiger partial charge in [-0.15, -0.1) is 0 Å². The van der Waals surface area contributed by atoms with Crippen molar-refractivity contribution in [2.75, 3.05) is 0 Å². The van der Waals surface area contributed by atoms with Crippen LogP contribution in [0.2, 0.25) is 0 Å². The third-order valence-corrected chi connectivity index (χ3v) is 4.86. The lowest BCUT2D eigenvalue weighted by atomic mass is 10.2. The van der Waals surface area contributed by atoms with Gasteiger partial charge in [-0.25, -0.2) is 4.21 Å². The molecule has 3 nitrogen and oxygen atoms in total. The van der Waals surface area contributed by atoms with E-state index in [0.29, 0.717) is 10.9 Å². The molecule has 2 rings (SSSR count). The third kappa shape index (κ3) is 3.35. The van der Waals surface area contributed by atoms with E-state index < -0.39 is 11.0 Å². The topological polar surface area (TPSA) is 42.6 Å². The molecule has 1 aromatic heterocycles. The van der Waals surface area contributed by atoms with Crippen molar-refractivity contribution in [2.24, 2.45) is 4.40 Å². The summed E-state index contributed by atoms with van der Waals surface area (Å²) in [5, 5.41) is 1.48. The van der Waals surface area contributed by atoms with Gasteiger partial charge >= 0.3 is 0 Å². The summed E-state index contributed by atoms with van der Waals surface area (Å²) in [6.45, 7) is 5.69. The van der Waals surface area contributed by atoms with Gasteiger partial charge in [0.2, 0.25) is 0 Å². The van der Waals surface area contributed by atoms with Crippen LogP contribution >= 0.6 is 31.9 Å². The largest absolute Gasteiger partial charge is 0.463 e. The first-order valence-electron chi connectivity index (χ1n) is 5.62. The number of fused-ring (bicyclic) bond motifs is 1. The maximum atomic E-state index is 12.1. The second kappa shape index (κ2) is 5.50. The lowest BCUT2D eigenvalue weighted by Gasteiger charge is -2.13. The van der Waals surface area contributed by atoms with Gasteiger partial charge in [-0.05, 0) is 48.8 Å². The Kier molecular flexibility index (Phi) is 4.32. The maximum Gasteiger partial charge on any atom is 0.150 e. The summed E-state index contributed by atoms with van der Waals surface area (Å²) in [5.74, 6) is 0. The first kappa shape index (κ1) is 14.9. The average Bonchev–Trinajstić information content (AvgIpc) is 2.28. The van der Waals surface area contributed by atoms with Crippen molar-refractivity contribution in [2.45, 2.75) is 25.5 Å². The number of rotatable bonds is 1. The molecule has 0 amide bonds. The highest BCUT2D eigenvalue weighted by molar-refractivity contribution is 9.11. The fourth-order valence-electron chi connectivity index (χ4n) is 1.43. The predicted molar refractivity (Wildman–Crippen MR) is 85.1 cm³/mol. The van der Waals surface area contributed by atoms with Gasteiger partial charge in [0.15, 0.2) is 0 Å². The monoisotopic (exact) mass is 405 g/mol. The Balaban J connectivity index is 2.75. The molecular formula is C13H13Br2NO2S. The Morgan fingerprint density at radius 1 is 1.26 bits per heavy atom. The van der Waals surface area contributed by atoms with Crippen LogP contribution in [0.4, 0.5) is 0 Å². The predicted octanol–water partition coefficient (Wildman–Crippen LogP) is 4.32. The van der Waals surface area contributed by atoms with E-state index in [1.165, 1.54) is 0 Å². The zero-order chi connectivity index (χ0) is 14.2. The first-order chi connectivity index (χ1) is 8.79. The molecule has 0 aliphatic heterocycles. The fourth-order valence-corrected chi connectivity index (χ4v) is 3.36. The van der Waals surface area contributed by atoms with Gasteiger partial charge in [0, 0.05) is 15.9 Å². The number of benzene rings is 1. The Bertz CT molecular complexity index is 717. The van der Waals surface area contributed by atoms with Crippen molar-refractivity contribution in [1.29, 1.82) is 0 Å². The molecule has 0 aliphatic rings. The summed E-state index contributed by atoms with van der Waals surface area (Å²) < 4.78 is 23.3. The van der Waals surface area contributed by atoms with Crippen LogP contribution in [-0.2, 0) is 11.0 Å². The summed E-state index contributed by atoms with van der Waals surface area (Å²) in [5.41, 5.74) is 0.690. The molecule has 19 heavy (non-hydrogen) atoms. The number of halogens is 2. The van der Waals surface area contributed by atoms with E-state index in [2.05, 4.69) is 36.3 Å². The SMILES string of the molecule is CC(C)(C)[S@@](=O)/N=c1\ccoc2c(Br)cc(Br)cc12. The molecule has 0 N–H and O–H groups in total. The summed E-state index contributed by atoms with van der Waals surface area (Å²) >= 11 is 6.88. The molecular weight excluding hydrogens is 394 g/mol. The lowest BCUT2D eigenvalue weighted by molar-refractivity contribution is 0.600.